The number of aromatic nitrogens is 1. The number of aliphatic hydroxyl groups excluding tert-OH is 3. The summed E-state index contributed by atoms with van der Waals surface area (Å²) in [7, 11) is 1.40. The second-order valence-corrected chi connectivity index (χ2v) is 12.6. The lowest BCUT2D eigenvalue weighted by Crippen LogP contribution is -2.60. The Kier molecular flexibility index (Phi) is 8.94. The lowest BCUT2D eigenvalue weighted by atomic mass is 9.74. The number of phenols is 1. The summed E-state index contributed by atoms with van der Waals surface area (Å²) in [5, 5.41) is 43.0. The number of fused-ring (bicyclic) bond motifs is 6. The Bertz CT molecular complexity index is 1820. The van der Waals surface area contributed by atoms with Crippen LogP contribution in [0.5, 0.6) is 11.5 Å². The number of nitrogens with zero attached hydrogens (tertiary/aromatic N) is 1. The zero-order valence-electron chi connectivity index (χ0n) is 26.7. The van der Waals surface area contributed by atoms with Crippen LogP contribution in [-0.4, -0.2) is 99.4 Å². The Balaban J connectivity index is 1.03. The predicted octanol–water partition coefficient (Wildman–Crippen LogP) is 2.45. The van der Waals surface area contributed by atoms with E-state index >= 15 is 0 Å². The van der Waals surface area contributed by atoms with Crippen LogP contribution >= 0.6 is 0 Å². The molecule has 13 heteroatoms. The minimum atomic E-state index is -1.69. The molecule has 9 atom stereocenters. The van der Waals surface area contributed by atoms with Crippen molar-refractivity contribution in [1.82, 2.24) is 9.88 Å². The molecule has 0 bridgehead atoms. The molecule has 7 rings (SSSR count). The predicted molar refractivity (Wildman–Crippen MR) is 174 cm³/mol. The smallest absolute Gasteiger partial charge is 0.330 e. The minimum Gasteiger partial charge on any atom is -0.504 e. The lowest BCUT2D eigenvalue weighted by Gasteiger charge is -2.48. The summed E-state index contributed by atoms with van der Waals surface area (Å²) in [5.74, 6) is -1.56. The third kappa shape index (κ3) is 5.97. The van der Waals surface area contributed by atoms with E-state index in [2.05, 4.69) is 17.6 Å². The van der Waals surface area contributed by atoms with Crippen molar-refractivity contribution in [2.45, 2.75) is 55.9 Å². The highest BCUT2D eigenvalue weighted by Gasteiger charge is 2.51. The molecule has 0 saturated carbocycles. The summed E-state index contributed by atoms with van der Waals surface area (Å²) in [6, 6.07) is 12.4. The van der Waals surface area contributed by atoms with Gasteiger partial charge in [0.05, 0.1) is 25.0 Å². The van der Waals surface area contributed by atoms with Gasteiger partial charge in [-0.1, -0.05) is 30.3 Å². The molecule has 258 valence electrons. The quantitative estimate of drug-likeness (QED) is 0.135. The number of methoxy groups -OCH3 is 1. The number of carbonyl (C=O) groups excluding carboxylic acids is 2. The third-order valence-corrected chi connectivity index (χ3v) is 9.87. The monoisotopic (exact) mass is 674 g/mol. The molecule has 4 aliphatic heterocycles. The average Bonchev–Trinajstić information content (AvgIpc) is 3.50. The maximum atomic E-state index is 13.7. The summed E-state index contributed by atoms with van der Waals surface area (Å²) in [4.78, 5) is 31.6. The number of aliphatic hydroxyl groups is 3. The number of rotatable bonds is 8. The molecule has 1 amide bonds. The molecule has 0 unspecified atom stereocenters. The molecular weight excluding hydrogens is 636 g/mol. The van der Waals surface area contributed by atoms with Gasteiger partial charge >= 0.3 is 5.97 Å². The number of amides is 1. The number of para-hydroxylation sites is 1. The molecule has 0 aliphatic carbocycles. The summed E-state index contributed by atoms with van der Waals surface area (Å²) in [6.45, 7) is 4.11. The molecule has 3 aromatic rings. The number of H-pyrrole nitrogens is 1. The SMILES string of the molecule is C=C[C@H]1[C@H](O[C@@H]2O[C@H](COC(=O)/C=C/c3ccc(O)c(OC)c3)[C@@H](O)[C@H](O)[C@H]2O)OC=C2C(=O)N3CCc4c([nH]c5ccccc45)[C@H]3C[C@H]21. The van der Waals surface area contributed by atoms with Crippen LogP contribution in [0.1, 0.15) is 29.3 Å². The van der Waals surface area contributed by atoms with Crippen molar-refractivity contribution >= 4 is 28.9 Å². The first kappa shape index (κ1) is 32.9. The fourth-order valence-corrected chi connectivity index (χ4v) is 7.29. The van der Waals surface area contributed by atoms with Crippen LogP contribution < -0.4 is 4.74 Å². The van der Waals surface area contributed by atoms with Crippen LogP contribution in [0, 0.1) is 11.8 Å². The van der Waals surface area contributed by atoms with E-state index in [-0.39, 0.29) is 29.4 Å². The maximum Gasteiger partial charge on any atom is 0.330 e. The Morgan fingerprint density at radius 3 is 2.73 bits per heavy atom. The number of benzene rings is 2. The van der Waals surface area contributed by atoms with E-state index in [4.69, 9.17) is 23.7 Å². The number of ether oxygens (including phenoxy) is 5. The van der Waals surface area contributed by atoms with Crippen LogP contribution in [0.3, 0.4) is 0 Å². The van der Waals surface area contributed by atoms with Gasteiger partial charge in [-0.25, -0.2) is 4.79 Å². The summed E-state index contributed by atoms with van der Waals surface area (Å²) < 4.78 is 28.1. The number of phenolic OH excluding ortho intramolecular Hbond substituents is 1. The van der Waals surface area contributed by atoms with Crippen LogP contribution in [0.4, 0.5) is 0 Å². The zero-order valence-corrected chi connectivity index (χ0v) is 26.7. The summed E-state index contributed by atoms with van der Waals surface area (Å²) >= 11 is 0. The van der Waals surface area contributed by atoms with Crippen molar-refractivity contribution in [2.24, 2.45) is 11.8 Å². The molecule has 0 radical (unpaired) electrons. The van der Waals surface area contributed by atoms with Crippen LogP contribution in [0.2, 0.25) is 0 Å². The Morgan fingerprint density at radius 1 is 1.12 bits per heavy atom. The van der Waals surface area contributed by atoms with Crippen LogP contribution in [-0.2, 0) is 35.0 Å². The second kappa shape index (κ2) is 13.3. The maximum absolute atomic E-state index is 13.7. The highest BCUT2D eigenvalue weighted by Crippen LogP contribution is 2.48. The van der Waals surface area contributed by atoms with Gasteiger partial charge in [0.2, 0.25) is 6.29 Å². The van der Waals surface area contributed by atoms with E-state index in [1.54, 1.807) is 12.1 Å². The normalized spacial score (nSPS) is 30.9. The van der Waals surface area contributed by atoms with E-state index < -0.39 is 55.5 Å². The van der Waals surface area contributed by atoms with Gasteiger partial charge in [-0.3, -0.25) is 4.79 Å². The second-order valence-electron chi connectivity index (χ2n) is 12.6. The molecule has 49 heavy (non-hydrogen) atoms. The highest BCUT2D eigenvalue weighted by molar-refractivity contribution is 5.96. The summed E-state index contributed by atoms with van der Waals surface area (Å²) in [6.07, 6.45) is -1.77. The van der Waals surface area contributed by atoms with Crippen LogP contribution in [0.15, 0.2) is 73.0 Å². The third-order valence-electron chi connectivity index (χ3n) is 9.87. The van der Waals surface area contributed by atoms with Gasteiger partial charge in [-0.2, -0.15) is 0 Å². The van der Waals surface area contributed by atoms with Crippen LogP contribution in [0.25, 0.3) is 17.0 Å². The number of piperidine rings is 1. The fraction of sp³-hybridized carbons (Fsp3) is 0.389. The first-order valence-electron chi connectivity index (χ1n) is 16.1. The van der Waals surface area contributed by atoms with Crippen molar-refractivity contribution < 1.29 is 53.7 Å². The standard InChI is InChI=1S/C36H38N2O11/c1-3-19-22-15-25-30-21(20-6-4-5-7-24(20)37-30)12-13-38(25)34(44)23(22)16-47-35(19)49-36-33(43)32(42)31(41)28(48-36)17-46-29(40)11-9-18-8-10-26(39)27(14-18)45-2/h3-11,14,16,19,22,25,28,31-33,35-37,39,41-43H,1,12-13,15,17H2,2H3/b11-9+/t19-,22+,25-,28-,31-,32+,33-,35+,36+/m1/s1. The first-order chi connectivity index (χ1) is 23.7. The zero-order chi connectivity index (χ0) is 34.4. The number of hydrogen-bond donors (Lipinski definition) is 5. The van der Waals surface area contributed by atoms with Crippen molar-refractivity contribution in [3.8, 4) is 11.5 Å². The molecule has 1 aromatic heterocycles. The molecule has 0 spiro atoms. The number of aromatic amines is 1. The van der Waals surface area contributed by atoms with E-state index in [1.165, 1.54) is 37.1 Å². The van der Waals surface area contributed by atoms with Crippen molar-refractivity contribution in [3.63, 3.8) is 0 Å². The highest BCUT2D eigenvalue weighted by atomic mass is 16.8. The van der Waals surface area contributed by atoms with Gasteiger partial charge in [0, 0.05) is 41.1 Å². The number of carbonyl (C=O) groups is 2. The lowest BCUT2D eigenvalue weighted by molar-refractivity contribution is -0.339. The fourth-order valence-electron chi connectivity index (χ4n) is 7.29. The number of esters is 1. The van der Waals surface area contributed by atoms with Gasteiger partial charge < -0.3 is 54.0 Å². The molecular formula is C36H38N2O11. The minimum absolute atomic E-state index is 0.0512. The largest absolute Gasteiger partial charge is 0.504 e. The number of hydrogen-bond acceptors (Lipinski definition) is 11. The molecule has 2 fully saturated rings. The van der Waals surface area contributed by atoms with Gasteiger partial charge in [0.1, 0.15) is 31.0 Å². The van der Waals surface area contributed by atoms with E-state index in [0.29, 0.717) is 24.1 Å². The van der Waals surface area contributed by atoms with E-state index in [0.717, 1.165) is 29.1 Å². The Labute approximate surface area is 281 Å². The number of aromatic hydroxyl groups is 1. The molecule has 2 aromatic carbocycles. The average molecular weight is 675 g/mol. The summed E-state index contributed by atoms with van der Waals surface area (Å²) in [5.41, 5.74) is 4.32. The topological polar surface area (TPSA) is 180 Å². The Morgan fingerprint density at radius 2 is 1.94 bits per heavy atom. The van der Waals surface area contributed by atoms with Crippen molar-refractivity contribution in [3.05, 3.63) is 89.9 Å². The van der Waals surface area contributed by atoms with Crippen molar-refractivity contribution in [1.29, 1.82) is 0 Å². The molecule has 4 aliphatic rings. The van der Waals surface area contributed by atoms with E-state index in [9.17, 15) is 30.0 Å². The first-order valence-corrected chi connectivity index (χ1v) is 16.1. The Hall–Kier alpha value is -4.66. The van der Waals surface area contributed by atoms with Gasteiger partial charge in [0.25, 0.3) is 5.91 Å². The molecule has 5 heterocycles. The molecule has 2 saturated heterocycles. The van der Waals surface area contributed by atoms with Gasteiger partial charge in [-0.15, -0.1) is 6.58 Å². The van der Waals surface area contributed by atoms with Crippen molar-refractivity contribution in [2.75, 3.05) is 20.3 Å². The van der Waals surface area contributed by atoms with Gasteiger partial charge in [0.15, 0.2) is 17.8 Å². The van der Waals surface area contributed by atoms with E-state index in [1.807, 2.05) is 23.1 Å². The van der Waals surface area contributed by atoms with Gasteiger partial charge in [-0.05, 0) is 48.2 Å². The molecule has 5 N–H and O–H groups in total. The molecule has 13 nitrogen and oxygen atoms in total. The number of nitrogens with one attached hydrogen (secondary N) is 1.